The molecule has 0 saturated carbocycles. The quantitative estimate of drug-likeness (QED) is 0.538. The molecule has 0 aromatic rings. The molecule has 4 atom stereocenters. The second-order valence-corrected chi connectivity index (χ2v) is 4.36. The van der Waals surface area contributed by atoms with Crippen LogP contribution >= 0.6 is 15.9 Å². The number of carbonyl (C=O) groups is 1. The Morgan fingerprint density at radius 1 is 1.69 bits per heavy atom. The molecule has 2 heterocycles. The lowest BCUT2D eigenvalue weighted by molar-refractivity contribution is -0.181. The zero-order chi connectivity index (χ0) is 9.64. The fourth-order valence-corrected chi connectivity index (χ4v) is 2.23. The normalized spacial score (nSPS) is 48.8. The Labute approximate surface area is 84.7 Å². The molecule has 2 aliphatic heterocycles. The molecule has 2 rings (SSSR count). The maximum Gasteiger partial charge on any atom is 0.215 e. The van der Waals surface area contributed by atoms with Crippen molar-refractivity contribution in [2.24, 2.45) is 0 Å². The number of epoxide rings is 1. The molecule has 4 unspecified atom stereocenters. The van der Waals surface area contributed by atoms with Crippen molar-refractivity contribution < 1.29 is 19.0 Å². The number of hydrogen-bond acceptors (Lipinski definition) is 4. The van der Waals surface area contributed by atoms with Crippen LogP contribution < -0.4 is 0 Å². The highest BCUT2D eigenvalue weighted by atomic mass is 79.9. The predicted molar refractivity (Wildman–Crippen MR) is 47.5 cm³/mol. The van der Waals surface area contributed by atoms with Crippen LogP contribution in [0, 0.1) is 0 Å². The van der Waals surface area contributed by atoms with Crippen molar-refractivity contribution in [2.45, 2.75) is 36.4 Å². The first-order chi connectivity index (χ1) is 6.13. The highest BCUT2D eigenvalue weighted by Crippen LogP contribution is 2.50. The number of rotatable bonds is 2. The largest absolute Gasteiger partial charge is 0.353 e. The lowest BCUT2D eigenvalue weighted by Crippen LogP contribution is -2.46. The van der Waals surface area contributed by atoms with Crippen LogP contribution in [-0.4, -0.2) is 35.9 Å². The second-order valence-electron chi connectivity index (χ2n) is 3.18. The highest BCUT2D eigenvalue weighted by Gasteiger charge is 2.69. The van der Waals surface area contributed by atoms with Gasteiger partial charge >= 0.3 is 0 Å². The summed E-state index contributed by atoms with van der Waals surface area (Å²) in [6.45, 7) is 1.90. The molecule has 2 fully saturated rings. The van der Waals surface area contributed by atoms with Crippen LogP contribution in [0.5, 0.6) is 0 Å². The van der Waals surface area contributed by atoms with Crippen molar-refractivity contribution in [3.05, 3.63) is 0 Å². The lowest BCUT2D eigenvalue weighted by atomic mass is 10.0. The van der Waals surface area contributed by atoms with E-state index in [1.165, 1.54) is 0 Å². The lowest BCUT2D eigenvalue weighted by Gasteiger charge is -2.26. The molecule has 0 spiro atoms. The Bertz CT molecular complexity index is 244. The summed E-state index contributed by atoms with van der Waals surface area (Å²) in [5, 5.41) is 0. The number of ether oxygens (including phenoxy) is 3. The standard InChI is InChI=1S/C8H11BrO4/c1-3-4-5(10)8(9)6(13-8)7(11-2)12-4/h4,6-7H,3H2,1-2H3. The smallest absolute Gasteiger partial charge is 0.215 e. The minimum absolute atomic E-state index is 0.0340. The van der Waals surface area contributed by atoms with E-state index in [0.717, 1.165) is 0 Å². The van der Waals surface area contributed by atoms with Gasteiger partial charge in [-0.05, 0) is 22.4 Å². The Morgan fingerprint density at radius 2 is 2.38 bits per heavy atom. The number of alkyl halides is 1. The van der Waals surface area contributed by atoms with E-state index >= 15 is 0 Å². The van der Waals surface area contributed by atoms with Crippen molar-refractivity contribution in [1.29, 1.82) is 0 Å². The number of methoxy groups -OCH3 is 1. The van der Waals surface area contributed by atoms with Crippen molar-refractivity contribution in [1.82, 2.24) is 0 Å². The molecule has 0 N–H and O–H groups in total. The molecule has 0 aromatic heterocycles. The fraction of sp³-hybridized carbons (Fsp3) is 0.875. The van der Waals surface area contributed by atoms with Gasteiger partial charge in [0.05, 0.1) is 0 Å². The van der Waals surface area contributed by atoms with Crippen LogP contribution in [0.15, 0.2) is 0 Å². The number of hydrogen-bond donors (Lipinski definition) is 0. The Hall–Kier alpha value is 0.0300. The van der Waals surface area contributed by atoms with Crippen LogP contribution in [-0.2, 0) is 19.0 Å². The number of halogens is 1. The maximum atomic E-state index is 11.6. The summed E-state index contributed by atoms with van der Waals surface area (Å²) in [6.07, 6.45) is -0.486. The van der Waals surface area contributed by atoms with Gasteiger partial charge in [-0.3, -0.25) is 4.79 Å². The maximum absolute atomic E-state index is 11.6. The highest BCUT2D eigenvalue weighted by molar-refractivity contribution is 9.10. The Kier molecular flexibility index (Phi) is 2.22. The van der Waals surface area contributed by atoms with E-state index in [9.17, 15) is 4.79 Å². The van der Waals surface area contributed by atoms with Gasteiger partial charge < -0.3 is 14.2 Å². The summed E-state index contributed by atoms with van der Waals surface area (Å²) in [7, 11) is 1.54. The summed E-state index contributed by atoms with van der Waals surface area (Å²) in [4.78, 5) is 11.6. The molecule has 0 radical (unpaired) electrons. The molecule has 13 heavy (non-hydrogen) atoms. The average Bonchev–Trinajstić information content (AvgIpc) is 2.81. The summed E-state index contributed by atoms with van der Waals surface area (Å²) < 4.78 is 14.9. The first kappa shape index (κ1) is 9.58. The predicted octanol–water partition coefficient (Wildman–Crippen LogP) is 0.827. The van der Waals surface area contributed by atoms with Crippen molar-refractivity contribution in [3.8, 4) is 0 Å². The minimum Gasteiger partial charge on any atom is -0.353 e. The molecular weight excluding hydrogens is 240 g/mol. The fourth-order valence-electron chi connectivity index (χ4n) is 1.55. The molecule has 74 valence electrons. The summed E-state index contributed by atoms with van der Waals surface area (Å²) in [5.41, 5.74) is 0. The van der Waals surface area contributed by atoms with E-state index < -0.39 is 16.9 Å². The Morgan fingerprint density at radius 3 is 2.92 bits per heavy atom. The van der Waals surface area contributed by atoms with Crippen molar-refractivity contribution >= 4 is 21.7 Å². The second kappa shape index (κ2) is 3.02. The van der Waals surface area contributed by atoms with E-state index in [0.29, 0.717) is 6.42 Å². The van der Waals surface area contributed by atoms with Gasteiger partial charge in [0.15, 0.2) is 12.4 Å². The van der Waals surface area contributed by atoms with E-state index in [-0.39, 0.29) is 11.9 Å². The van der Waals surface area contributed by atoms with Crippen LogP contribution in [0.2, 0.25) is 0 Å². The van der Waals surface area contributed by atoms with Gasteiger partial charge in [-0.1, -0.05) is 6.92 Å². The van der Waals surface area contributed by atoms with Gasteiger partial charge in [0.2, 0.25) is 10.3 Å². The third-order valence-electron chi connectivity index (χ3n) is 2.38. The number of fused-ring (bicyclic) bond motifs is 1. The number of ketones is 1. The molecule has 2 saturated heterocycles. The number of carbonyl (C=O) groups excluding carboxylic acids is 1. The zero-order valence-corrected chi connectivity index (χ0v) is 9.04. The van der Waals surface area contributed by atoms with E-state index in [1.54, 1.807) is 7.11 Å². The molecule has 0 bridgehead atoms. The van der Waals surface area contributed by atoms with Crippen LogP contribution in [0.4, 0.5) is 0 Å². The van der Waals surface area contributed by atoms with Crippen molar-refractivity contribution in [3.63, 3.8) is 0 Å². The average molecular weight is 251 g/mol. The van der Waals surface area contributed by atoms with Gasteiger partial charge in [-0.25, -0.2) is 0 Å². The first-order valence-electron chi connectivity index (χ1n) is 4.22. The van der Waals surface area contributed by atoms with Crippen LogP contribution in [0.1, 0.15) is 13.3 Å². The molecular formula is C8H11BrO4. The third-order valence-corrected chi connectivity index (χ3v) is 3.41. The molecule has 4 nitrogen and oxygen atoms in total. The van der Waals surface area contributed by atoms with E-state index in [1.807, 2.05) is 6.92 Å². The van der Waals surface area contributed by atoms with Gasteiger partial charge in [0, 0.05) is 7.11 Å². The zero-order valence-electron chi connectivity index (χ0n) is 7.45. The molecule has 0 aliphatic carbocycles. The van der Waals surface area contributed by atoms with Crippen LogP contribution in [0.3, 0.4) is 0 Å². The first-order valence-corrected chi connectivity index (χ1v) is 5.02. The van der Waals surface area contributed by atoms with Gasteiger partial charge in [0.1, 0.15) is 6.10 Å². The summed E-state index contributed by atoms with van der Waals surface area (Å²) in [5.74, 6) is -0.0340. The molecule has 5 heteroatoms. The van der Waals surface area contributed by atoms with Gasteiger partial charge in [-0.15, -0.1) is 0 Å². The Balaban J connectivity index is 2.16. The van der Waals surface area contributed by atoms with Crippen molar-refractivity contribution in [2.75, 3.05) is 7.11 Å². The van der Waals surface area contributed by atoms with E-state index in [2.05, 4.69) is 15.9 Å². The van der Waals surface area contributed by atoms with E-state index in [4.69, 9.17) is 14.2 Å². The monoisotopic (exact) mass is 250 g/mol. The van der Waals surface area contributed by atoms with Crippen LogP contribution in [0.25, 0.3) is 0 Å². The SMILES string of the molecule is CCC1OC(OC)C2OC2(Br)C1=O. The van der Waals surface area contributed by atoms with Gasteiger partial charge in [0.25, 0.3) is 0 Å². The summed E-state index contributed by atoms with van der Waals surface area (Å²) >= 11 is 3.26. The molecule has 0 amide bonds. The number of Topliss-reactive ketones (excluding diaryl/α,β-unsaturated/α-hetero) is 1. The molecule has 0 aromatic carbocycles. The minimum atomic E-state index is -0.827. The summed E-state index contributed by atoms with van der Waals surface area (Å²) in [6, 6.07) is 0. The van der Waals surface area contributed by atoms with Gasteiger partial charge in [-0.2, -0.15) is 0 Å². The molecule has 2 aliphatic rings. The topological polar surface area (TPSA) is 48.1 Å². The third kappa shape index (κ3) is 1.26.